The summed E-state index contributed by atoms with van der Waals surface area (Å²) in [5, 5.41) is 31.8. The SMILES string of the molecule is CC(O)c1ccccc1NCc1ccc(O)cc1O. The fourth-order valence-corrected chi connectivity index (χ4v) is 1.91. The van der Waals surface area contributed by atoms with Gasteiger partial charge in [-0.15, -0.1) is 0 Å². The van der Waals surface area contributed by atoms with Gasteiger partial charge in [-0.05, 0) is 25.1 Å². The molecule has 0 aromatic heterocycles. The lowest BCUT2D eigenvalue weighted by atomic mass is 10.1. The first kappa shape index (κ1) is 13.2. The number of aromatic hydroxyl groups is 2. The molecule has 0 aliphatic carbocycles. The summed E-state index contributed by atoms with van der Waals surface area (Å²) in [6.45, 7) is 2.12. The molecule has 4 heteroatoms. The highest BCUT2D eigenvalue weighted by atomic mass is 16.3. The number of phenolic OH excluding ortho intramolecular Hbond substituents is 2. The fraction of sp³-hybridized carbons (Fsp3) is 0.200. The Balaban J connectivity index is 2.14. The molecule has 0 aliphatic heterocycles. The van der Waals surface area contributed by atoms with Crippen molar-refractivity contribution in [1.82, 2.24) is 0 Å². The van der Waals surface area contributed by atoms with E-state index in [2.05, 4.69) is 5.32 Å². The maximum Gasteiger partial charge on any atom is 0.124 e. The van der Waals surface area contributed by atoms with Crippen LogP contribution in [0, 0.1) is 0 Å². The van der Waals surface area contributed by atoms with Crippen molar-refractivity contribution >= 4 is 5.69 Å². The third-order valence-corrected chi connectivity index (χ3v) is 2.95. The molecule has 2 aromatic rings. The van der Waals surface area contributed by atoms with E-state index in [1.165, 1.54) is 12.1 Å². The Kier molecular flexibility index (Phi) is 3.92. The smallest absolute Gasteiger partial charge is 0.124 e. The van der Waals surface area contributed by atoms with Crippen LogP contribution in [0.15, 0.2) is 42.5 Å². The molecule has 0 bridgehead atoms. The van der Waals surface area contributed by atoms with Gasteiger partial charge >= 0.3 is 0 Å². The van der Waals surface area contributed by atoms with E-state index in [4.69, 9.17) is 0 Å². The predicted molar refractivity (Wildman–Crippen MR) is 74.2 cm³/mol. The van der Waals surface area contributed by atoms with Crippen LogP contribution >= 0.6 is 0 Å². The van der Waals surface area contributed by atoms with Crippen LogP contribution in [0.1, 0.15) is 24.2 Å². The summed E-state index contributed by atoms with van der Waals surface area (Å²) >= 11 is 0. The minimum atomic E-state index is -0.558. The summed E-state index contributed by atoms with van der Waals surface area (Å²) in [5.74, 6) is 0.0765. The number of phenols is 2. The van der Waals surface area contributed by atoms with Gasteiger partial charge in [0.15, 0.2) is 0 Å². The Bertz CT molecular complexity index is 567. The summed E-state index contributed by atoms with van der Waals surface area (Å²) < 4.78 is 0. The summed E-state index contributed by atoms with van der Waals surface area (Å²) in [6, 6.07) is 12.0. The monoisotopic (exact) mass is 259 g/mol. The molecule has 19 heavy (non-hydrogen) atoms. The fourth-order valence-electron chi connectivity index (χ4n) is 1.91. The molecule has 0 fully saturated rings. The van der Waals surface area contributed by atoms with Gasteiger partial charge in [-0.1, -0.05) is 18.2 Å². The van der Waals surface area contributed by atoms with E-state index in [9.17, 15) is 15.3 Å². The third-order valence-electron chi connectivity index (χ3n) is 2.95. The van der Waals surface area contributed by atoms with Gasteiger partial charge in [0.05, 0.1) is 6.10 Å². The zero-order valence-electron chi connectivity index (χ0n) is 10.7. The van der Waals surface area contributed by atoms with E-state index in [0.29, 0.717) is 12.1 Å². The average Bonchev–Trinajstić information content (AvgIpc) is 2.38. The Hall–Kier alpha value is -2.20. The molecule has 0 saturated heterocycles. The summed E-state index contributed by atoms with van der Waals surface area (Å²) in [5.41, 5.74) is 2.31. The molecule has 100 valence electrons. The van der Waals surface area contributed by atoms with E-state index in [0.717, 1.165) is 11.3 Å². The number of nitrogens with one attached hydrogen (secondary N) is 1. The van der Waals surface area contributed by atoms with Crippen LogP contribution in [0.2, 0.25) is 0 Å². The number of hydrogen-bond donors (Lipinski definition) is 4. The molecule has 1 atom stereocenters. The minimum Gasteiger partial charge on any atom is -0.508 e. The van der Waals surface area contributed by atoms with Gasteiger partial charge in [-0.2, -0.15) is 0 Å². The normalized spacial score (nSPS) is 12.1. The van der Waals surface area contributed by atoms with Crippen LogP contribution in [0.25, 0.3) is 0 Å². The lowest BCUT2D eigenvalue weighted by Gasteiger charge is -2.14. The van der Waals surface area contributed by atoms with Crippen molar-refractivity contribution in [2.24, 2.45) is 0 Å². The van der Waals surface area contributed by atoms with Crippen molar-refractivity contribution in [3.8, 4) is 11.5 Å². The topological polar surface area (TPSA) is 72.7 Å². The van der Waals surface area contributed by atoms with E-state index < -0.39 is 6.10 Å². The largest absolute Gasteiger partial charge is 0.508 e. The number of aliphatic hydroxyl groups is 1. The first-order valence-electron chi connectivity index (χ1n) is 6.09. The second-order valence-electron chi connectivity index (χ2n) is 4.43. The van der Waals surface area contributed by atoms with Gasteiger partial charge in [0.2, 0.25) is 0 Å². The number of anilines is 1. The molecule has 2 aromatic carbocycles. The van der Waals surface area contributed by atoms with Crippen LogP contribution in [-0.4, -0.2) is 15.3 Å². The number of aliphatic hydroxyl groups excluding tert-OH is 1. The Morgan fingerprint density at radius 3 is 2.53 bits per heavy atom. The maximum atomic E-state index is 9.70. The number of para-hydroxylation sites is 1. The highest BCUT2D eigenvalue weighted by molar-refractivity contribution is 5.53. The van der Waals surface area contributed by atoms with Crippen LogP contribution in [0.5, 0.6) is 11.5 Å². The van der Waals surface area contributed by atoms with Gasteiger partial charge in [-0.25, -0.2) is 0 Å². The van der Waals surface area contributed by atoms with Gasteiger partial charge in [0, 0.05) is 29.4 Å². The first-order chi connectivity index (χ1) is 9.08. The van der Waals surface area contributed by atoms with E-state index in [1.54, 1.807) is 13.0 Å². The van der Waals surface area contributed by atoms with Crippen molar-refractivity contribution < 1.29 is 15.3 Å². The number of rotatable bonds is 4. The molecular formula is C15H17NO3. The molecule has 0 saturated carbocycles. The van der Waals surface area contributed by atoms with Crippen LogP contribution < -0.4 is 5.32 Å². The standard InChI is InChI=1S/C15H17NO3/c1-10(17)13-4-2-3-5-14(13)16-9-11-6-7-12(18)8-15(11)19/h2-8,10,16-19H,9H2,1H3. The molecule has 0 heterocycles. The zero-order valence-corrected chi connectivity index (χ0v) is 10.7. The molecule has 4 nitrogen and oxygen atoms in total. The molecule has 0 spiro atoms. The van der Waals surface area contributed by atoms with E-state index >= 15 is 0 Å². The van der Waals surface area contributed by atoms with Gasteiger partial charge in [0.25, 0.3) is 0 Å². The Morgan fingerprint density at radius 1 is 1.11 bits per heavy atom. The van der Waals surface area contributed by atoms with Crippen molar-refractivity contribution in [2.75, 3.05) is 5.32 Å². The van der Waals surface area contributed by atoms with Crippen molar-refractivity contribution in [3.05, 3.63) is 53.6 Å². The highest BCUT2D eigenvalue weighted by Crippen LogP contribution is 2.26. The Morgan fingerprint density at radius 2 is 1.84 bits per heavy atom. The van der Waals surface area contributed by atoms with Crippen LogP contribution in [0.4, 0.5) is 5.69 Å². The third kappa shape index (κ3) is 3.17. The highest BCUT2D eigenvalue weighted by Gasteiger charge is 2.08. The molecule has 0 radical (unpaired) electrons. The zero-order chi connectivity index (χ0) is 13.8. The minimum absolute atomic E-state index is 0.0330. The summed E-state index contributed by atoms with van der Waals surface area (Å²) in [7, 11) is 0. The van der Waals surface area contributed by atoms with E-state index in [1.807, 2.05) is 24.3 Å². The molecular weight excluding hydrogens is 242 g/mol. The second-order valence-corrected chi connectivity index (χ2v) is 4.43. The lowest BCUT2D eigenvalue weighted by molar-refractivity contribution is 0.200. The van der Waals surface area contributed by atoms with Gasteiger partial charge in [-0.3, -0.25) is 0 Å². The van der Waals surface area contributed by atoms with Gasteiger partial charge in [0.1, 0.15) is 11.5 Å². The predicted octanol–water partition coefficient (Wildman–Crippen LogP) is 2.76. The van der Waals surface area contributed by atoms with Crippen molar-refractivity contribution in [1.29, 1.82) is 0 Å². The van der Waals surface area contributed by atoms with Crippen molar-refractivity contribution in [3.63, 3.8) is 0 Å². The summed E-state index contributed by atoms with van der Waals surface area (Å²) in [6.07, 6.45) is -0.558. The lowest BCUT2D eigenvalue weighted by Crippen LogP contribution is -2.04. The van der Waals surface area contributed by atoms with Crippen LogP contribution in [-0.2, 0) is 6.54 Å². The molecule has 0 aliphatic rings. The van der Waals surface area contributed by atoms with Gasteiger partial charge < -0.3 is 20.6 Å². The maximum absolute atomic E-state index is 9.70. The Labute approximate surface area is 112 Å². The average molecular weight is 259 g/mol. The molecule has 0 amide bonds. The number of hydrogen-bond acceptors (Lipinski definition) is 4. The second kappa shape index (κ2) is 5.63. The summed E-state index contributed by atoms with van der Waals surface area (Å²) in [4.78, 5) is 0. The number of benzene rings is 2. The van der Waals surface area contributed by atoms with Crippen LogP contribution in [0.3, 0.4) is 0 Å². The molecule has 2 rings (SSSR count). The molecule has 1 unspecified atom stereocenters. The van der Waals surface area contributed by atoms with Crippen molar-refractivity contribution in [2.45, 2.75) is 19.6 Å². The van der Waals surface area contributed by atoms with E-state index in [-0.39, 0.29) is 11.5 Å². The quantitative estimate of drug-likeness (QED) is 0.681. The molecule has 4 N–H and O–H groups in total. The first-order valence-corrected chi connectivity index (χ1v) is 6.09.